The van der Waals surface area contributed by atoms with E-state index in [-0.39, 0.29) is 5.82 Å². The molecule has 0 fully saturated rings. The molecule has 0 aliphatic rings. The molecule has 0 saturated carbocycles. The highest BCUT2D eigenvalue weighted by molar-refractivity contribution is 6.31. The summed E-state index contributed by atoms with van der Waals surface area (Å²) in [5.74, 6) is 0.0449. The van der Waals surface area contributed by atoms with Gasteiger partial charge in [-0.15, -0.1) is 5.10 Å². The summed E-state index contributed by atoms with van der Waals surface area (Å²) in [5.41, 5.74) is 2.90. The second-order valence-corrected chi connectivity index (χ2v) is 7.88. The molecule has 1 N–H and O–H groups in total. The molecular weight excluding hydrogens is 443 g/mol. The van der Waals surface area contributed by atoms with Gasteiger partial charge in [0.1, 0.15) is 0 Å². The van der Waals surface area contributed by atoms with Crippen LogP contribution in [0, 0.1) is 6.92 Å². The van der Waals surface area contributed by atoms with E-state index in [9.17, 15) is 4.79 Å². The minimum absolute atomic E-state index is 0.0132. The van der Waals surface area contributed by atoms with Crippen molar-refractivity contribution >= 4 is 46.4 Å². The van der Waals surface area contributed by atoms with Crippen LogP contribution in [0.15, 0.2) is 66.7 Å². The maximum Gasteiger partial charge on any atom is 0.295 e. The van der Waals surface area contributed by atoms with Gasteiger partial charge in [-0.2, -0.15) is 0 Å². The maximum absolute atomic E-state index is 12.9. The van der Waals surface area contributed by atoms with Crippen molar-refractivity contribution in [1.29, 1.82) is 0 Å². The molecule has 0 atom stereocenters. The molecule has 0 unspecified atom stereocenters. The van der Waals surface area contributed by atoms with E-state index in [4.69, 9.17) is 34.8 Å². The van der Waals surface area contributed by atoms with Gasteiger partial charge in [0, 0.05) is 26.3 Å². The Morgan fingerprint density at radius 1 is 0.900 bits per heavy atom. The van der Waals surface area contributed by atoms with Gasteiger partial charge in [-0.1, -0.05) is 53.0 Å². The first-order valence-corrected chi connectivity index (χ1v) is 10.1. The lowest BCUT2D eigenvalue weighted by molar-refractivity contribution is 0.101. The summed E-state index contributed by atoms with van der Waals surface area (Å²) in [6.45, 7) is 1.88. The predicted molar refractivity (Wildman–Crippen MR) is 121 cm³/mol. The second kappa shape index (κ2) is 8.48. The number of anilines is 1. The number of rotatable bonds is 4. The summed E-state index contributed by atoms with van der Waals surface area (Å²) in [6.07, 6.45) is 0. The first kappa shape index (κ1) is 20.4. The number of hydrogen-bond donors (Lipinski definition) is 1. The summed E-state index contributed by atoms with van der Waals surface area (Å²) >= 11 is 18.2. The highest BCUT2D eigenvalue weighted by atomic mass is 35.5. The summed E-state index contributed by atoms with van der Waals surface area (Å²) in [5, 5.41) is 8.93. The van der Waals surface area contributed by atoms with Gasteiger partial charge in [-0.05, 0) is 61.0 Å². The number of hydrogen-bond acceptors (Lipinski definition) is 3. The Morgan fingerprint density at radius 3 is 2.33 bits per heavy atom. The first-order valence-electron chi connectivity index (χ1n) is 8.97. The molecule has 0 bridgehead atoms. The number of amides is 1. The first-order chi connectivity index (χ1) is 14.4. The van der Waals surface area contributed by atoms with E-state index in [0.29, 0.717) is 32.3 Å². The Bertz CT molecular complexity index is 1240. The highest BCUT2D eigenvalue weighted by Crippen LogP contribution is 2.26. The molecule has 0 aliphatic carbocycles. The summed E-state index contributed by atoms with van der Waals surface area (Å²) in [6, 6.07) is 19.6. The Labute approximate surface area is 188 Å². The van der Waals surface area contributed by atoms with Gasteiger partial charge in [0.05, 0.1) is 5.69 Å². The zero-order valence-electron chi connectivity index (χ0n) is 15.7. The molecule has 3 aromatic carbocycles. The van der Waals surface area contributed by atoms with Crippen LogP contribution >= 0.6 is 34.8 Å². The number of aromatic nitrogens is 3. The van der Waals surface area contributed by atoms with Crippen LogP contribution in [0.1, 0.15) is 16.2 Å². The third kappa shape index (κ3) is 4.33. The molecule has 0 radical (unpaired) electrons. The topological polar surface area (TPSA) is 59.8 Å². The number of benzene rings is 3. The van der Waals surface area contributed by atoms with Gasteiger partial charge in [0.15, 0.2) is 5.82 Å². The molecule has 0 spiro atoms. The fraction of sp³-hybridized carbons (Fsp3) is 0.0455. The number of halogens is 3. The Balaban J connectivity index is 1.77. The van der Waals surface area contributed by atoms with Crippen LogP contribution in [-0.2, 0) is 0 Å². The third-order valence-electron chi connectivity index (χ3n) is 4.41. The van der Waals surface area contributed by atoms with Gasteiger partial charge >= 0.3 is 0 Å². The Morgan fingerprint density at radius 2 is 1.60 bits per heavy atom. The maximum atomic E-state index is 12.9. The molecule has 30 heavy (non-hydrogen) atoms. The molecule has 5 nitrogen and oxygen atoms in total. The van der Waals surface area contributed by atoms with Gasteiger partial charge in [0.25, 0.3) is 5.91 Å². The van der Waals surface area contributed by atoms with Crippen LogP contribution in [0.5, 0.6) is 0 Å². The smallest absolute Gasteiger partial charge is 0.295 e. The molecule has 150 valence electrons. The zero-order chi connectivity index (χ0) is 21.3. The predicted octanol–water partition coefficient (Wildman–Crippen LogP) is 6.46. The number of carbonyl (C=O) groups excluding carboxylic acids is 1. The second-order valence-electron chi connectivity index (χ2n) is 6.57. The van der Waals surface area contributed by atoms with Crippen molar-refractivity contribution in [2.75, 3.05) is 5.32 Å². The molecule has 8 heteroatoms. The third-order valence-corrected chi connectivity index (χ3v) is 5.13. The normalized spacial score (nSPS) is 10.8. The van der Waals surface area contributed by atoms with Crippen molar-refractivity contribution in [2.24, 2.45) is 0 Å². The van der Waals surface area contributed by atoms with E-state index < -0.39 is 5.91 Å². The van der Waals surface area contributed by atoms with Crippen molar-refractivity contribution in [3.63, 3.8) is 0 Å². The number of nitrogens with zero attached hydrogens (tertiary/aromatic N) is 3. The van der Waals surface area contributed by atoms with Gasteiger partial charge in [0.2, 0.25) is 5.82 Å². The SMILES string of the molecule is Cc1ccc(Cl)cc1NC(=O)c1nc(-c2cccc(Cl)c2)n(-c2ccc(Cl)cc2)n1. The average Bonchev–Trinajstić information content (AvgIpc) is 3.17. The molecule has 0 saturated heterocycles. The fourth-order valence-electron chi connectivity index (χ4n) is 2.89. The van der Waals surface area contributed by atoms with E-state index in [1.54, 1.807) is 53.2 Å². The lowest BCUT2D eigenvalue weighted by Crippen LogP contribution is -2.15. The Hall–Kier alpha value is -2.86. The number of carbonyl (C=O) groups is 1. The van der Waals surface area contributed by atoms with Gasteiger partial charge in [-0.25, -0.2) is 9.67 Å². The van der Waals surface area contributed by atoms with Crippen molar-refractivity contribution in [1.82, 2.24) is 14.8 Å². The van der Waals surface area contributed by atoms with Crippen LogP contribution < -0.4 is 5.32 Å². The lowest BCUT2D eigenvalue weighted by atomic mass is 10.2. The van der Waals surface area contributed by atoms with Crippen LogP contribution in [0.25, 0.3) is 17.1 Å². The molecule has 4 aromatic rings. The molecule has 1 aromatic heterocycles. The number of aryl methyl sites for hydroxylation is 1. The van der Waals surface area contributed by atoms with E-state index in [1.165, 1.54) is 0 Å². The largest absolute Gasteiger partial charge is 0.319 e. The minimum Gasteiger partial charge on any atom is -0.319 e. The quantitative estimate of drug-likeness (QED) is 0.383. The monoisotopic (exact) mass is 456 g/mol. The highest BCUT2D eigenvalue weighted by Gasteiger charge is 2.20. The molecule has 1 amide bonds. The van der Waals surface area contributed by atoms with E-state index in [1.807, 2.05) is 25.1 Å². The van der Waals surface area contributed by atoms with E-state index in [2.05, 4.69) is 15.4 Å². The van der Waals surface area contributed by atoms with Crippen LogP contribution in [-0.4, -0.2) is 20.7 Å². The Kier molecular flexibility index (Phi) is 5.77. The van der Waals surface area contributed by atoms with E-state index >= 15 is 0 Å². The van der Waals surface area contributed by atoms with Crippen LogP contribution in [0.3, 0.4) is 0 Å². The van der Waals surface area contributed by atoms with Crippen molar-refractivity contribution < 1.29 is 4.79 Å². The molecular formula is C22H15Cl3N4O. The molecule has 0 aliphatic heterocycles. The summed E-state index contributed by atoms with van der Waals surface area (Å²) in [4.78, 5) is 17.4. The average molecular weight is 458 g/mol. The number of nitrogens with one attached hydrogen (secondary N) is 1. The lowest BCUT2D eigenvalue weighted by Gasteiger charge is -2.07. The standard InChI is InChI=1S/C22H15Cl3N4O/c1-13-5-6-17(25)12-19(13)26-22(30)20-27-21(14-3-2-4-16(24)11-14)29(28-20)18-9-7-15(23)8-10-18/h2-12H,1H3,(H,26,30). The molecule has 4 rings (SSSR count). The van der Waals surface area contributed by atoms with Crippen molar-refractivity contribution in [3.05, 3.63) is 93.2 Å². The summed E-state index contributed by atoms with van der Waals surface area (Å²) in [7, 11) is 0. The van der Waals surface area contributed by atoms with E-state index in [0.717, 1.165) is 11.1 Å². The minimum atomic E-state index is -0.448. The van der Waals surface area contributed by atoms with Crippen molar-refractivity contribution in [3.8, 4) is 17.1 Å². The van der Waals surface area contributed by atoms with Gasteiger partial charge in [-0.3, -0.25) is 4.79 Å². The molecule has 1 heterocycles. The van der Waals surface area contributed by atoms with Crippen LogP contribution in [0.4, 0.5) is 5.69 Å². The van der Waals surface area contributed by atoms with Crippen molar-refractivity contribution in [2.45, 2.75) is 6.92 Å². The zero-order valence-corrected chi connectivity index (χ0v) is 18.0. The van der Waals surface area contributed by atoms with Gasteiger partial charge < -0.3 is 5.32 Å². The fourth-order valence-corrected chi connectivity index (χ4v) is 3.38. The summed E-state index contributed by atoms with van der Waals surface area (Å²) < 4.78 is 1.59. The van der Waals surface area contributed by atoms with Crippen LogP contribution in [0.2, 0.25) is 15.1 Å².